The first kappa shape index (κ1) is 19.4. The predicted octanol–water partition coefficient (Wildman–Crippen LogP) is 1.54. The van der Waals surface area contributed by atoms with Crippen LogP contribution in [0.2, 0.25) is 0 Å². The summed E-state index contributed by atoms with van der Waals surface area (Å²) in [5.74, 6) is -2.08. The van der Waals surface area contributed by atoms with Gasteiger partial charge >= 0.3 is 0 Å². The maximum Gasteiger partial charge on any atom is 0.262 e. The highest BCUT2D eigenvalue weighted by Crippen LogP contribution is 2.20. The lowest BCUT2D eigenvalue weighted by molar-refractivity contribution is 0.0754. The number of sulfonamides is 1. The van der Waals surface area contributed by atoms with Gasteiger partial charge in [-0.25, -0.2) is 22.2 Å². The average Bonchev–Trinajstić information content (AvgIpc) is 2.82. The zero-order valence-corrected chi connectivity index (χ0v) is 15.8. The molecule has 10 heteroatoms. The van der Waals surface area contributed by atoms with Crippen LogP contribution in [0.4, 0.5) is 8.78 Å². The lowest BCUT2D eigenvalue weighted by Crippen LogP contribution is -2.38. The van der Waals surface area contributed by atoms with Gasteiger partial charge in [0.2, 0.25) is 0 Å². The van der Waals surface area contributed by atoms with Crippen molar-refractivity contribution in [3.05, 3.63) is 47.4 Å². The number of imidazole rings is 1. The van der Waals surface area contributed by atoms with E-state index in [1.54, 1.807) is 18.5 Å². The van der Waals surface area contributed by atoms with Crippen LogP contribution in [0.15, 0.2) is 29.4 Å². The molecule has 0 unspecified atom stereocenters. The molecule has 1 aliphatic heterocycles. The van der Waals surface area contributed by atoms with Crippen LogP contribution in [-0.2, 0) is 17.1 Å². The summed E-state index contributed by atoms with van der Waals surface area (Å²) in [5, 5.41) is -0.0533. The molecule has 1 amide bonds. The quantitative estimate of drug-likeness (QED) is 0.786. The number of benzene rings is 1. The maximum absolute atomic E-state index is 13.9. The van der Waals surface area contributed by atoms with Gasteiger partial charge in [0.1, 0.15) is 23.0 Å². The predicted molar refractivity (Wildman–Crippen MR) is 93.6 cm³/mol. The van der Waals surface area contributed by atoms with E-state index in [-0.39, 0.29) is 31.2 Å². The number of carbonyl (C=O) groups excluding carboxylic acids is 1. The lowest BCUT2D eigenvalue weighted by Gasteiger charge is -2.21. The lowest BCUT2D eigenvalue weighted by atomic mass is 10.1. The third-order valence-corrected chi connectivity index (χ3v) is 6.38. The second-order valence-corrected chi connectivity index (χ2v) is 8.27. The summed E-state index contributed by atoms with van der Waals surface area (Å²) in [6, 6.07) is 3.23. The van der Waals surface area contributed by atoms with Gasteiger partial charge in [-0.05, 0) is 25.5 Å². The Bertz CT molecular complexity index is 935. The largest absolute Gasteiger partial charge is 0.337 e. The Balaban J connectivity index is 1.78. The van der Waals surface area contributed by atoms with Crippen molar-refractivity contribution >= 4 is 15.9 Å². The highest BCUT2D eigenvalue weighted by atomic mass is 32.2. The van der Waals surface area contributed by atoms with Crippen LogP contribution in [0.25, 0.3) is 0 Å². The second kappa shape index (κ2) is 7.35. The number of aromatic nitrogens is 2. The van der Waals surface area contributed by atoms with Gasteiger partial charge in [-0.3, -0.25) is 4.79 Å². The molecule has 146 valence electrons. The average molecular weight is 398 g/mol. The molecule has 1 fully saturated rings. The Hall–Kier alpha value is -2.33. The van der Waals surface area contributed by atoms with Gasteiger partial charge in [-0.15, -0.1) is 0 Å². The molecule has 0 saturated carbocycles. The van der Waals surface area contributed by atoms with E-state index in [0.29, 0.717) is 12.2 Å². The van der Waals surface area contributed by atoms with Crippen molar-refractivity contribution in [2.75, 3.05) is 26.2 Å². The monoisotopic (exact) mass is 398 g/mol. The molecule has 0 aliphatic carbocycles. The van der Waals surface area contributed by atoms with Crippen LogP contribution in [0.3, 0.4) is 0 Å². The van der Waals surface area contributed by atoms with E-state index in [9.17, 15) is 22.0 Å². The molecule has 0 atom stereocenters. The van der Waals surface area contributed by atoms with Crippen molar-refractivity contribution < 1.29 is 22.0 Å². The summed E-state index contributed by atoms with van der Waals surface area (Å²) < 4.78 is 56.2. The Morgan fingerprint density at radius 3 is 2.37 bits per heavy atom. The number of hydrogen-bond acceptors (Lipinski definition) is 4. The minimum atomic E-state index is -3.80. The van der Waals surface area contributed by atoms with Crippen molar-refractivity contribution in [3.63, 3.8) is 0 Å². The third kappa shape index (κ3) is 3.72. The molecule has 1 saturated heterocycles. The number of hydrogen-bond donors (Lipinski definition) is 0. The molecule has 0 radical (unpaired) electrons. The third-order valence-electron chi connectivity index (χ3n) is 4.61. The molecule has 27 heavy (non-hydrogen) atoms. The standard InChI is InChI=1S/C17H20F2N4O3S/c1-12-20-15(11-21(12)2)27(25,26)23-8-4-7-22(9-10-23)17(24)16-13(18)5-3-6-14(16)19/h3,5-6,11H,4,7-10H2,1-2H3. The summed E-state index contributed by atoms with van der Waals surface area (Å²) in [7, 11) is -2.10. The summed E-state index contributed by atoms with van der Waals surface area (Å²) in [4.78, 5) is 17.9. The first-order chi connectivity index (χ1) is 12.7. The van der Waals surface area contributed by atoms with E-state index in [0.717, 1.165) is 12.1 Å². The van der Waals surface area contributed by atoms with Crippen LogP contribution >= 0.6 is 0 Å². The second-order valence-electron chi connectivity index (χ2n) is 6.38. The zero-order valence-electron chi connectivity index (χ0n) is 15.0. The summed E-state index contributed by atoms with van der Waals surface area (Å²) >= 11 is 0. The smallest absolute Gasteiger partial charge is 0.262 e. The van der Waals surface area contributed by atoms with Crippen LogP contribution in [0.1, 0.15) is 22.6 Å². The van der Waals surface area contributed by atoms with E-state index in [1.165, 1.54) is 21.5 Å². The molecule has 1 aromatic heterocycles. The van der Waals surface area contributed by atoms with Gasteiger partial charge in [-0.2, -0.15) is 4.31 Å². The topological polar surface area (TPSA) is 75.5 Å². The van der Waals surface area contributed by atoms with Crippen LogP contribution < -0.4 is 0 Å². The fourth-order valence-electron chi connectivity index (χ4n) is 2.98. The van der Waals surface area contributed by atoms with Crippen molar-refractivity contribution in [1.29, 1.82) is 0 Å². The fourth-order valence-corrected chi connectivity index (χ4v) is 4.48. The van der Waals surface area contributed by atoms with Crippen molar-refractivity contribution in [1.82, 2.24) is 18.8 Å². The van der Waals surface area contributed by atoms with Crippen LogP contribution in [0, 0.1) is 18.6 Å². The Morgan fingerprint density at radius 1 is 1.11 bits per heavy atom. The van der Waals surface area contributed by atoms with Crippen LogP contribution in [0.5, 0.6) is 0 Å². The first-order valence-electron chi connectivity index (χ1n) is 8.45. The van der Waals surface area contributed by atoms with E-state index in [2.05, 4.69) is 4.98 Å². The van der Waals surface area contributed by atoms with Gasteiger partial charge in [0, 0.05) is 39.4 Å². The molecule has 7 nitrogen and oxygen atoms in total. The SMILES string of the molecule is Cc1nc(S(=O)(=O)N2CCCN(C(=O)c3c(F)cccc3F)CC2)cn1C. The summed E-state index contributed by atoms with van der Waals surface area (Å²) in [6.45, 7) is 2.17. The molecular formula is C17H20F2N4O3S. The molecule has 3 rings (SSSR count). The Kier molecular flexibility index (Phi) is 5.29. The minimum Gasteiger partial charge on any atom is -0.337 e. The Morgan fingerprint density at radius 2 is 1.78 bits per heavy atom. The molecule has 1 aromatic carbocycles. The summed E-state index contributed by atoms with van der Waals surface area (Å²) in [6.07, 6.45) is 1.79. The van der Waals surface area contributed by atoms with Gasteiger partial charge in [0.25, 0.3) is 15.9 Å². The molecule has 2 aromatic rings. The molecule has 0 bridgehead atoms. The highest BCUT2D eigenvalue weighted by molar-refractivity contribution is 7.89. The zero-order chi connectivity index (χ0) is 19.8. The molecule has 0 N–H and O–H groups in total. The van der Waals surface area contributed by atoms with Gasteiger partial charge in [-0.1, -0.05) is 6.07 Å². The van der Waals surface area contributed by atoms with Crippen LogP contribution in [-0.4, -0.2) is 59.3 Å². The van der Waals surface area contributed by atoms with Crippen molar-refractivity contribution in [3.8, 4) is 0 Å². The van der Waals surface area contributed by atoms with Crippen molar-refractivity contribution in [2.24, 2.45) is 7.05 Å². The maximum atomic E-state index is 13.9. The van der Waals surface area contributed by atoms with E-state index in [4.69, 9.17) is 0 Å². The molecule has 2 heterocycles. The number of rotatable bonds is 3. The van der Waals surface area contributed by atoms with Gasteiger partial charge < -0.3 is 9.47 Å². The number of halogens is 2. The van der Waals surface area contributed by atoms with Gasteiger partial charge in [0.05, 0.1) is 0 Å². The summed E-state index contributed by atoms with van der Waals surface area (Å²) in [5.41, 5.74) is -0.617. The number of carbonyl (C=O) groups is 1. The minimum absolute atomic E-state index is 0.0275. The Labute approximate surface area is 156 Å². The number of nitrogens with zero attached hydrogens (tertiary/aromatic N) is 4. The molecule has 0 spiro atoms. The normalized spacial score (nSPS) is 16.4. The van der Waals surface area contributed by atoms with E-state index in [1.807, 2.05) is 0 Å². The first-order valence-corrected chi connectivity index (χ1v) is 9.89. The highest BCUT2D eigenvalue weighted by Gasteiger charge is 2.31. The van der Waals surface area contributed by atoms with E-state index < -0.39 is 33.1 Å². The number of amides is 1. The molecule has 1 aliphatic rings. The fraction of sp³-hybridized carbons (Fsp3) is 0.412. The molecular weight excluding hydrogens is 378 g/mol. The van der Waals surface area contributed by atoms with Crippen molar-refractivity contribution in [2.45, 2.75) is 18.4 Å². The van der Waals surface area contributed by atoms with E-state index >= 15 is 0 Å². The number of aryl methyl sites for hydroxylation is 2. The van der Waals surface area contributed by atoms with Gasteiger partial charge in [0.15, 0.2) is 5.03 Å².